The van der Waals surface area contributed by atoms with Gasteiger partial charge in [0.05, 0.1) is 12.6 Å². The number of anilines is 1. The number of aliphatic hydroxyl groups excluding tert-OH is 1. The molecule has 0 saturated carbocycles. The predicted molar refractivity (Wildman–Crippen MR) is 94.9 cm³/mol. The fraction of sp³-hybridized carbons (Fsp3) is 0.556. The van der Waals surface area contributed by atoms with E-state index in [0.717, 1.165) is 5.56 Å². The summed E-state index contributed by atoms with van der Waals surface area (Å²) in [5.74, 6) is 0.106. The average molecular weight is 349 g/mol. The molecule has 2 rings (SSSR count). The number of rotatable bonds is 7. The zero-order valence-corrected chi connectivity index (χ0v) is 14.8. The molecule has 1 aliphatic rings. The first-order chi connectivity index (χ1) is 12.0. The third-order valence-electron chi connectivity index (χ3n) is 4.13. The molecule has 4 N–H and O–H groups in total. The van der Waals surface area contributed by atoms with Crippen molar-refractivity contribution in [2.75, 3.05) is 31.6 Å². The maximum atomic E-state index is 12.0. The van der Waals surface area contributed by atoms with E-state index < -0.39 is 12.1 Å². The van der Waals surface area contributed by atoms with E-state index in [1.54, 1.807) is 17.0 Å². The summed E-state index contributed by atoms with van der Waals surface area (Å²) in [6.45, 7) is 4.46. The molecular weight excluding hydrogens is 322 g/mol. The smallest absolute Gasteiger partial charge is 0.249 e. The summed E-state index contributed by atoms with van der Waals surface area (Å²) >= 11 is 0. The monoisotopic (exact) mass is 349 g/mol. The van der Waals surface area contributed by atoms with Gasteiger partial charge in [-0.2, -0.15) is 0 Å². The van der Waals surface area contributed by atoms with E-state index in [1.807, 2.05) is 26.0 Å². The second kappa shape index (κ2) is 8.94. The van der Waals surface area contributed by atoms with Crippen molar-refractivity contribution in [2.24, 2.45) is 11.7 Å². The fourth-order valence-corrected chi connectivity index (χ4v) is 2.98. The van der Waals surface area contributed by atoms with E-state index in [2.05, 4.69) is 5.32 Å². The topological polar surface area (TPSA) is 105 Å². The number of ether oxygens (including phenoxy) is 1. The van der Waals surface area contributed by atoms with Gasteiger partial charge in [0.25, 0.3) is 0 Å². The number of aliphatic hydroxyl groups is 1. The number of nitrogens with two attached hydrogens (primary N) is 1. The van der Waals surface area contributed by atoms with Crippen LogP contribution in [0.5, 0.6) is 0 Å². The Kier molecular flexibility index (Phi) is 6.92. The van der Waals surface area contributed by atoms with Gasteiger partial charge in [-0.3, -0.25) is 9.59 Å². The van der Waals surface area contributed by atoms with Gasteiger partial charge in [0.2, 0.25) is 11.8 Å². The zero-order valence-electron chi connectivity index (χ0n) is 14.8. The maximum absolute atomic E-state index is 12.0. The minimum atomic E-state index is -0.466. The summed E-state index contributed by atoms with van der Waals surface area (Å²) in [6, 6.07) is 6.82. The lowest BCUT2D eigenvalue weighted by molar-refractivity contribution is -0.160. The van der Waals surface area contributed by atoms with Gasteiger partial charge in [-0.15, -0.1) is 0 Å². The highest BCUT2D eigenvalue weighted by molar-refractivity contribution is 5.90. The molecule has 7 heteroatoms. The van der Waals surface area contributed by atoms with Crippen LogP contribution in [-0.2, 0) is 14.3 Å². The van der Waals surface area contributed by atoms with Crippen molar-refractivity contribution < 1.29 is 19.4 Å². The Bertz CT molecular complexity index is 588. The van der Waals surface area contributed by atoms with Gasteiger partial charge in [0.15, 0.2) is 0 Å². The second-order valence-electron chi connectivity index (χ2n) is 6.63. The molecule has 138 valence electrons. The SMILES string of the molecule is CC(C)CC(=O)Nc1ccc([C@H]2OCC(=O)N(CCN)[C@@H]2CO)cc1. The van der Waals surface area contributed by atoms with Crippen molar-refractivity contribution in [1.82, 2.24) is 4.90 Å². The van der Waals surface area contributed by atoms with Crippen LogP contribution in [-0.4, -0.2) is 54.2 Å². The molecule has 2 atom stereocenters. The van der Waals surface area contributed by atoms with Crippen molar-refractivity contribution in [3.05, 3.63) is 29.8 Å². The van der Waals surface area contributed by atoms with Gasteiger partial charge >= 0.3 is 0 Å². The first-order valence-electron chi connectivity index (χ1n) is 8.58. The number of carbonyl (C=O) groups excluding carboxylic acids is 2. The number of morpholine rings is 1. The lowest BCUT2D eigenvalue weighted by Gasteiger charge is -2.40. The van der Waals surface area contributed by atoms with Crippen LogP contribution >= 0.6 is 0 Å². The molecule has 0 aliphatic carbocycles. The van der Waals surface area contributed by atoms with E-state index >= 15 is 0 Å². The highest BCUT2D eigenvalue weighted by atomic mass is 16.5. The Balaban J connectivity index is 2.09. The molecule has 7 nitrogen and oxygen atoms in total. The van der Waals surface area contributed by atoms with Crippen LogP contribution in [0, 0.1) is 5.92 Å². The van der Waals surface area contributed by atoms with Crippen molar-refractivity contribution in [3.63, 3.8) is 0 Å². The van der Waals surface area contributed by atoms with Gasteiger partial charge in [-0.1, -0.05) is 26.0 Å². The van der Waals surface area contributed by atoms with E-state index in [0.29, 0.717) is 31.1 Å². The predicted octanol–water partition coefficient (Wildman–Crippen LogP) is 0.891. The van der Waals surface area contributed by atoms with Crippen LogP contribution in [0.15, 0.2) is 24.3 Å². The van der Waals surface area contributed by atoms with Gasteiger partial charge in [-0.25, -0.2) is 0 Å². The largest absolute Gasteiger partial charge is 0.394 e. The molecule has 0 radical (unpaired) electrons. The normalized spacial score (nSPS) is 20.8. The summed E-state index contributed by atoms with van der Waals surface area (Å²) < 4.78 is 5.65. The second-order valence-corrected chi connectivity index (χ2v) is 6.63. The van der Waals surface area contributed by atoms with Crippen LogP contribution in [0.3, 0.4) is 0 Å². The van der Waals surface area contributed by atoms with Crippen molar-refractivity contribution in [2.45, 2.75) is 32.4 Å². The van der Waals surface area contributed by atoms with Crippen molar-refractivity contribution >= 4 is 17.5 Å². The molecule has 25 heavy (non-hydrogen) atoms. The molecule has 1 heterocycles. The molecule has 1 aromatic rings. The maximum Gasteiger partial charge on any atom is 0.249 e. The molecule has 1 fully saturated rings. The van der Waals surface area contributed by atoms with Crippen LogP contribution in [0.25, 0.3) is 0 Å². The number of nitrogens with zero attached hydrogens (tertiary/aromatic N) is 1. The number of carbonyl (C=O) groups is 2. The van der Waals surface area contributed by atoms with Crippen LogP contribution in [0.2, 0.25) is 0 Å². The molecule has 1 saturated heterocycles. The molecular formula is C18H27N3O4. The van der Waals surface area contributed by atoms with Gasteiger partial charge in [-0.05, 0) is 23.6 Å². The molecule has 1 aliphatic heterocycles. The Labute approximate surface area is 148 Å². The summed E-state index contributed by atoms with van der Waals surface area (Å²) in [6.07, 6.45) is 0.0469. The molecule has 0 spiro atoms. The van der Waals surface area contributed by atoms with E-state index in [-0.39, 0.29) is 25.0 Å². The molecule has 0 unspecified atom stereocenters. The molecule has 2 amide bonds. The Morgan fingerprint density at radius 1 is 1.40 bits per heavy atom. The Hall–Kier alpha value is -1.96. The average Bonchev–Trinajstić information content (AvgIpc) is 2.56. The summed E-state index contributed by atoms with van der Waals surface area (Å²) in [4.78, 5) is 25.4. The van der Waals surface area contributed by atoms with Crippen molar-refractivity contribution in [1.29, 1.82) is 0 Å². The highest BCUT2D eigenvalue weighted by Crippen LogP contribution is 2.29. The summed E-state index contributed by atoms with van der Waals surface area (Å²) in [5.41, 5.74) is 7.12. The van der Waals surface area contributed by atoms with E-state index in [1.165, 1.54) is 0 Å². The van der Waals surface area contributed by atoms with Crippen molar-refractivity contribution in [3.8, 4) is 0 Å². The van der Waals surface area contributed by atoms with Crippen LogP contribution in [0.4, 0.5) is 5.69 Å². The minimum Gasteiger partial charge on any atom is -0.394 e. The standard InChI is InChI=1S/C18H27N3O4/c1-12(2)9-16(23)20-14-5-3-13(4-6-14)18-15(10-22)21(8-7-19)17(24)11-25-18/h3-6,12,15,18,22H,7-11,19H2,1-2H3,(H,20,23)/t15-,18-/m1/s1. The fourth-order valence-electron chi connectivity index (χ4n) is 2.98. The van der Waals surface area contributed by atoms with Gasteiger partial charge < -0.3 is 25.8 Å². The Morgan fingerprint density at radius 3 is 2.64 bits per heavy atom. The van der Waals surface area contributed by atoms with E-state index in [9.17, 15) is 14.7 Å². The number of benzene rings is 1. The zero-order chi connectivity index (χ0) is 18.4. The van der Waals surface area contributed by atoms with Crippen LogP contribution < -0.4 is 11.1 Å². The van der Waals surface area contributed by atoms with Crippen LogP contribution in [0.1, 0.15) is 31.9 Å². The number of hydrogen-bond acceptors (Lipinski definition) is 5. The van der Waals surface area contributed by atoms with E-state index in [4.69, 9.17) is 10.5 Å². The first-order valence-corrected chi connectivity index (χ1v) is 8.58. The summed E-state index contributed by atoms with van der Waals surface area (Å²) in [5, 5.41) is 12.6. The van der Waals surface area contributed by atoms with Gasteiger partial charge in [0, 0.05) is 25.2 Å². The molecule has 0 bridgehead atoms. The quantitative estimate of drug-likeness (QED) is 0.678. The Morgan fingerprint density at radius 2 is 2.08 bits per heavy atom. The number of amides is 2. The van der Waals surface area contributed by atoms with Gasteiger partial charge in [0.1, 0.15) is 12.7 Å². The lowest BCUT2D eigenvalue weighted by atomic mass is 9.99. The number of nitrogens with one attached hydrogen (secondary N) is 1. The minimum absolute atomic E-state index is 0.0235. The highest BCUT2D eigenvalue weighted by Gasteiger charge is 2.36. The third-order valence-corrected chi connectivity index (χ3v) is 4.13. The lowest BCUT2D eigenvalue weighted by Crippen LogP contribution is -2.54. The summed E-state index contributed by atoms with van der Waals surface area (Å²) in [7, 11) is 0. The molecule has 0 aromatic heterocycles. The molecule has 1 aromatic carbocycles. The third kappa shape index (κ3) is 5.01. The first kappa shape index (κ1) is 19.4. The number of hydrogen-bond donors (Lipinski definition) is 3.